The zero-order valence-electron chi connectivity index (χ0n) is 9.65. The second-order valence-corrected chi connectivity index (χ2v) is 4.42. The lowest BCUT2D eigenvalue weighted by atomic mass is 10.2. The number of anilines is 1. The fraction of sp³-hybridized carbons (Fsp3) is 0.417. The van der Waals surface area contributed by atoms with Crippen LogP contribution in [0.3, 0.4) is 0 Å². The van der Waals surface area contributed by atoms with Crippen LogP contribution in [0, 0.1) is 0 Å². The molecule has 1 amide bonds. The number of hydrogen-bond acceptors (Lipinski definition) is 3. The van der Waals surface area contributed by atoms with Gasteiger partial charge in [0.1, 0.15) is 5.75 Å². The number of nitrogens with two attached hydrogens (primary N) is 1. The third kappa shape index (κ3) is 2.53. The van der Waals surface area contributed by atoms with Gasteiger partial charge in [0, 0.05) is 24.7 Å². The number of benzene rings is 1. The highest BCUT2D eigenvalue weighted by Gasteiger charge is 2.28. The van der Waals surface area contributed by atoms with Gasteiger partial charge in [-0.2, -0.15) is 0 Å². The van der Waals surface area contributed by atoms with Gasteiger partial charge in [0.25, 0.3) is 0 Å². The summed E-state index contributed by atoms with van der Waals surface area (Å²) in [7, 11) is 0. The Morgan fingerprint density at radius 3 is 2.88 bits per heavy atom. The standard InChI is InChI=1S/C12H15ClN2O2/c1-2-17-11-4-3-9(6-10(11)13)15-7-8(14)5-12(15)16/h3-4,6,8H,2,5,7,14H2,1H3. The zero-order valence-corrected chi connectivity index (χ0v) is 10.4. The molecule has 92 valence electrons. The summed E-state index contributed by atoms with van der Waals surface area (Å²) in [5.41, 5.74) is 6.52. The van der Waals surface area contributed by atoms with E-state index >= 15 is 0 Å². The van der Waals surface area contributed by atoms with Gasteiger partial charge in [0.2, 0.25) is 5.91 Å². The first kappa shape index (κ1) is 12.2. The molecule has 0 bridgehead atoms. The van der Waals surface area contributed by atoms with Crippen LogP contribution >= 0.6 is 11.6 Å². The van der Waals surface area contributed by atoms with Gasteiger partial charge in [-0.25, -0.2) is 0 Å². The van der Waals surface area contributed by atoms with Gasteiger partial charge in [-0.1, -0.05) is 11.6 Å². The maximum atomic E-state index is 11.7. The van der Waals surface area contributed by atoms with Crippen LogP contribution in [0.1, 0.15) is 13.3 Å². The molecule has 5 heteroatoms. The largest absolute Gasteiger partial charge is 0.492 e. The zero-order chi connectivity index (χ0) is 12.4. The van der Waals surface area contributed by atoms with Crippen molar-refractivity contribution in [3.05, 3.63) is 23.2 Å². The molecule has 1 aromatic carbocycles. The molecule has 1 aromatic rings. The monoisotopic (exact) mass is 254 g/mol. The van der Waals surface area contributed by atoms with Crippen LogP contribution in [0.5, 0.6) is 5.75 Å². The molecule has 1 fully saturated rings. The summed E-state index contributed by atoms with van der Waals surface area (Å²) >= 11 is 6.08. The van der Waals surface area contributed by atoms with Crippen molar-refractivity contribution in [1.82, 2.24) is 0 Å². The third-order valence-electron chi connectivity index (χ3n) is 2.68. The van der Waals surface area contributed by atoms with E-state index in [0.717, 1.165) is 5.69 Å². The van der Waals surface area contributed by atoms with E-state index in [1.165, 1.54) is 0 Å². The fourth-order valence-corrected chi connectivity index (χ4v) is 2.14. The minimum atomic E-state index is -0.0900. The van der Waals surface area contributed by atoms with Gasteiger partial charge in [-0.3, -0.25) is 4.79 Å². The Kier molecular flexibility index (Phi) is 3.54. The first-order valence-electron chi connectivity index (χ1n) is 5.60. The van der Waals surface area contributed by atoms with Crippen LogP contribution in [0.4, 0.5) is 5.69 Å². The molecule has 0 spiro atoms. The van der Waals surface area contributed by atoms with Crippen LogP contribution < -0.4 is 15.4 Å². The van der Waals surface area contributed by atoms with E-state index in [9.17, 15) is 4.79 Å². The van der Waals surface area contributed by atoms with Crippen molar-refractivity contribution in [1.29, 1.82) is 0 Å². The summed E-state index contributed by atoms with van der Waals surface area (Å²) in [6.45, 7) is 3.00. The number of ether oxygens (including phenoxy) is 1. The molecule has 0 aliphatic carbocycles. The van der Waals surface area contributed by atoms with E-state index < -0.39 is 0 Å². The van der Waals surface area contributed by atoms with Crippen molar-refractivity contribution in [2.75, 3.05) is 18.1 Å². The number of carbonyl (C=O) groups excluding carboxylic acids is 1. The first-order valence-corrected chi connectivity index (χ1v) is 5.98. The highest BCUT2D eigenvalue weighted by molar-refractivity contribution is 6.32. The molecule has 2 N–H and O–H groups in total. The average Bonchev–Trinajstić information content (AvgIpc) is 2.61. The van der Waals surface area contributed by atoms with Crippen LogP contribution in [-0.2, 0) is 4.79 Å². The van der Waals surface area contributed by atoms with Crippen molar-refractivity contribution in [2.45, 2.75) is 19.4 Å². The molecule has 1 saturated heterocycles. The molecule has 17 heavy (non-hydrogen) atoms. The number of carbonyl (C=O) groups is 1. The minimum Gasteiger partial charge on any atom is -0.492 e. The normalized spacial score (nSPS) is 19.8. The average molecular weight is 255 g/mol. The predicted molar refractivity (Wildman–Crippen MR) is 67.6 cm³/mol. The molecule has 1 aliphatic rings. The first-order chi connectivity index (χ1) is 8.11. The summed E-state index contributed by atoms with van der Waals surface area (Å²) in [5.74, 6) is 0.673. The molecule has 2 rings (SSSR count). The van der Waals surface area contributed by atoms with Gasteiger partial charge in [-0.05, 0) is 25.1 Å². The summed E-state index contributed by atoms with van der Waals surface area (Å²) in [5, 5.41) is 0.512. The maximum Gasteiger partial charge on any atom is 0.228 e. The predicted octanol–water partition coefficient (Wildman–Crippen LogP) is 1.80. The van der Waals surface area contributed by atoms with Gasteiger partial charge in [0.15, 0.2) is 0 Å². The molecular weight excluding hydrogens is 240 g/mol. The van der Waals surface area contributed by atoms with E-state index in [1.807, 2.05) is 13.0 Å². The molecule has 0 aromatic heterocycles. The SMILES string of the molecule is CCOc1ccc(N2CC(N)CC2=O)cc1Cl. The fourth-order valence-electron chi connectivity index (χ4n) is 1.91. The number of halogens is 1. The Hall–Kier alpha value is -1.26. The van der Waals surface area contributed by atoms with Crippen LogP contribution in [-0.4, -0.2) is 25.1 Å². The van der Waals surface area contributed by atoms with E-state index in [1.54, 1.807) is 17.0 Å². The van der Waals surface area contributed by atoms with E-state index in [-0.39, 0.29) is 11.9 Å². The Morgan fingerprint density at radius 2 is 2.35 bits per heavy atom. The Bertz CT molecular complexity index is 437. The molecule has 4 nitrogen and oxygen atoms in total. The Morgan fingerprint density at radius 1 is 1.59 bits per heavy atom. The summed E-state index contributed by atoms with van der Waals surface area (Å²) in [6.07, 6.45) is 0.394. The Labute approximate surface area is 105 Å². The van der Waals surface area contributed by atoms with E-state index in [4.69, 9.17) is 22.1 Å². The maximum absolute atomic E-state index is 11.7. The third-order valence-corrected chi connectivity index (χ3v) is 2.98. The van der Waals surface area contributed by atoms with Crippen molar-refractivity contribution >= 4 is 23.2 Å². The quantitative estimate of drug-likeness (QED) is 0.895. The van der Waals surface area contributed by atoms with Gasteiger partial charge in [0.05, 0.1) is 11.6 Å². The second-order valence-electron chi connectivity index (χ2n) is 4.02. The second kappa shape index (κ2) is 4.94. The highest BCUT2D eigenvalue weighted by atomic mass is 35.5. The molecule has 1 atom stereocenters. The topological polar surface area (TPSA) is 55.6 Å². The van der Waals surface area contributed by atoms with Crippen molar-refractivity contribution in [3.63, 3.8) is 0 Å². The number of nitrogens with zero attached hydrogens (tertiary/aromatic N) is 1. The lowest BCUT2D eigenvalue weighted by Gasteiger charge is -2.17. The van der Waals surface area contributed by atoms with Crippen molar-refractivity contribution < 1.29 is 9.53 Å². The summed E-state index contributed by atoms with van der Waals surface area (Å²) in [4.78, 5) is 13.3. The molecule has 1 heterocycles. The van der Waals surface area contributed by atoms with Crippen LogP contribution in [0.2, 0.25) is 5.02 Å². The van der Waals surface area contributed by atoms with Crippen LogP contribution in [0.15, 0.2) is 18.2 Å². The molecule has 1 aliphatic heterocycles. The Balaban J connectivity index is 2.23. The lowest BCUT2D eigenvalue weighted by molar-refractivity contribution is -0.117. The molecular formula is C12H15ClN2O2. The smallest absolute Gasteiger partial charge is 0.228 e. The number of amides is 1. The van der Waals surface area contributed by atoms with E-state index in [2.05, 4.69) is 0 Å². The minimum absolute atomic E-state index is 0.0396. The molecule has 0 saturated carbocycles. The van der Waals surface area contributed by atoms with Crippen molar-refractivity contribution in [2.24, 2.45) is 5.73 Å². The molecule has 0 radical (unpaired) electrons. The van der Waals surface area contributed by atoms with Gasteiger partial charge >= 0.3 is 0 Å². The summed E-state index contributed by atoms with van der Waals surface area (Å²) in [6, 6.07) is 5.25. The molecule has 1 unspecified atom stereocenters. The van der Waals surface area contributed by atoms with Crippen LogP contribution in [0.25, 0.3) is 0 Å². The lowest BCUT2D eigenvalue weighted by Crippen LogP contribution is -2.27. The van der Waals surface area contributed by atoms with Gasteiger partial charge < -0.3 is 15.4 Å². The number of rotatable bonds is 3. The number of hydrogen-bond donors (Lipinski definition) is 1. The summed E-state index contributed by atoms with van der Waals surface area (Å²) < 4.78 is 5.34. The van der Waals surface area contributed by atoms with E-state index in [0.29, 0.717) is 30.3 Å². The highest BCUT2D eigenvalue weighted by Crippen LogP contribution is 2.31. The van der Waals surface area contributed by atoms with Crippen molar-refractivity contribution in [3.8, 4) is 5.75 Å². The van der Waals surface area contributed by atoms with Gasteiger partial charge in [-0.15, -0.1) is 0 Å².